The smallest absolute Gasteiger partial charge is 0.244 e. The van der Waals surface area contributed by atoms with Crippen LogP contribution in [0.25, 0.3) is 0 Å². The molecule has 2 aromatic rings. The van der Waals surface area contributed by atoms with Crippen molar-refractivity contribution in [3.05, 3.63) is 63.6 Å². The number of carbonyl (C=O) groups is 2. The summed E-state index contributed by atoms with van der Waals surface area (Å²) in [4.78, 5) is 27.9. The Kier molecular flexibility index (Phi) is 9.79. The van der Waals surface area contributed by atoms with Gasteiger partial charge in [0, 0.05) is 22.6 Å². The summed E-state index contributed by atoms with van der Waals surface area (Å²) < 4.78 is 26.3. The summed E-state index contributed by atoms with van der Waals surface area (Å²) in [6.07, 6.45) is 1.36. The van der Waals surface area contributed by atoms with Crippen molar-refractivity contribution in [2.24, 2.45) is 0 Å². The van der Waals surface area contributed by atoms with Gasteiger partial charge in [0.25, 0.3) is 0 Å². The summed E-state index contributed by atoms with van der Waals surface area (Å²) in [5.74, 6) is -0.852. The summed E-state index contributed by atoms with van der Waals surface area (Å²) >= 11 is 12.5. The van der Waals surface area contributed by atoms with Gasteiger partial charge in [0.2, 0.25) is 21.8 Å². The quantitative estimate of drug-likeness (QED) is 0.495. The van der Waals surface area contributed by atoms with Crippen LogP contribution < -0.4 is 9.62 Å². The maximum Gasteiger partial charge on any atom is 0.244 e. The molecule has 0 saturated heterocycles. The normalized spacial score (nSPS) is 12.4. The number of halogens is 2. The summed E-state index contributed by atoms with van der Waals surface area (Å²) in [6, 6.07) is 10.9. The Bertz CT molecular complexity index is 1140. The Hall–Kier alpha value is -2.29. The Balaban J connectivity index is 2.48. The SMILES string of the molecule is CCC(C(=O)NC(C)C)N(Cc1ccccc1Cl)C(=O)CN(c1ccc(C)c(Cl)c1)S(C)(=O)=O. The molecular weight excluding hydrogens is 497 g/mol. The van der Waals surface area contributed by atoms with Crippen LogP contribution in [0.15, 0.2) is 42.5 Å². The van der Waals surface area contributed by atoms with E-state index >= 15 is 0 Å². The molecule has 0 aromatic heterocycles. The van der Waals surface area contributed by atoms with E-state index in [1.165, 1.54) is 11.0 Å². The van der Waals surface area contributed by atoms with E-state index in [1.807, 2.05) is 13.8 Å². The molecule has 2 amide bonds. The Morgan fingerprint density at radius 1 is 1.06 bits per heavy atom. The van der Waals surface area contributed by atoms with Crippen LogP contribution in [0.4, 0.5) is 5.69 Å². The molecule has 0 bridgehead atoms. The third kappa shape index (κ3) is 7.35. The standard InChI is InChI=1S/C24H31Cl2N3O4S/c1-6-22(24(31)27-16(2)3)28(14-18-9-7-8-10-20(18)25)23(30)15-29(34(5,32)33)19-12-11-17(4)21(26)13-19/h7-13,16,22H,6,14-15H2,1-5H3,(H,27,31). The zero-order valence-corrected chi connectivity index (χ0v) is 22.3. The van der Waals surface area contributed by atoms with Gasteiger partial charge >= 0.3 is 0 Å². The lowest BCUT2D eigenvalue weighted by Crippen LogP contribution is -2.53. The van der Waals surface area contributed by atoms with Gasteiger partial charge in [-0.15, -0.1) is 0 Å². The van der Waals surface area contributed by atoms with Crippen LogP contribution in [0.3, 0.4) is 0 Å². The first-order valence-electron chi connectivity index (χ1n) is 10.9. The highest BCUT2D eigenvalue weighted by Crippen LogP contribution is 2.26. The Morgan fingerprint density at radius 3 is 2.24 bits per heavy atom. The molecule has 1 atom stereocenters. The first kappa shape index (κ1) is 28.0. The first-order chi connectivity index (χ1) is 15.8. The topological polar surface area (TPSA) is 86.8 Å². The number of nitrogens with one attached hydrogen (secondary N) is 1. The minimum atomic E-state index is -3.83. The molecule has 2 aromatic carbocycles. The number of rotatable bonds is 10. The highest BCUT2D eigenvalue weighted by molar-refractivity contribution is 7.92. The molecule has 1 unspecified atom stereocenters. The lowest BCUT2D eigenvalue weighted by Gasteiger charge is -2.33. The van der Waals surface area contributed by atoms with Gasteiger partial charge in [0.05, 0.1) is 11.9 Å². The number of anilines is 1. The van der Waals surface area contributed by atoms with Crippen molar-refractivity contribution < 1.29 is 18.0 Å². The molecule has 0 radical (unpaired) electrons. The van der Waals surface area contributed by atoms with Crippen molar-refractivity contribution in [2.45, 2.75) is 52.7 Å². The zero-order valence-electron chi connectivity index (χ0n) is 20.0. The molecule has 7 nitrogen and oxygen atoms in total. The average Bonchev–Trinajstić information content (AvgIpc) is 2.73. The van der Waals surface area contributed by atoms with E-state index in [2.05, 4.69) is 5.32 Å². The monoisotopic (exact) mass is 527 g/mol. The van der Waals surface area contributed by atoms with Gasteiger partial charge in [-0.25, -0.2) is 8.42 Å². The van der Waals surface area contributed by atoms with Crippen molar-refractivity contribution in [1.82, 2.24) is 10.2 Å². The van der Waals surface area contributed by atoms with Crippen molar-refractivity contribution in [2.75, 3.05) is 17.1 Å². The minimum Gasteiger partial charge on any atom is -0.352 e. The van der Waals surface area contributed by atoms with E-state index in [4.69, 9.17) is 23.2 Å². The van der Waals surface area contributed by atoms with Crippen molar-refractivity contribution >= 4 is 50.7 Å². The number of carbonyl (C=O) groups excluding carboxylic acids is 2. The second kappa shape index (κ2) is 11.9. The molecule has 2 rings (SSSR count). The number of hydrogen-bond donors (Lipinski definition) is 1. The van der Waals surface area contributed by atoms with Gasteiger partial charge in [0.1, 0.15) is 12.6 Å². The Morgan fingerprint density at radius 2 is 1.71 bits per heavy atom. The molecule has 0 fully saturated rings. The first-order valence-corrected chi connectivity index (χ1v) is 13.5. The Labute approximate surface area is 212 Å². The molecule has 0 spiro atoms. The van der Waals surface area contributed by atoms with E-state index in [0.29, 0.717) is 22.0 Å². The van der Waals surface area contributed by atoms with Gasteiger partial charge < -0.3 is 10.2 Å². The molecule has 0 saturated carbocycles. The molecular formula is C24H31Cl2N3O4S. The van der Waals surface area contributed by atoms with Crippen LogP contribution in [0.5, 0.6) is 0 Å². The molecule has 0 heterocycles. The van der Waals surface area contributed by atoms with Crippen molar-refractivity contribution in [1.29, 1.82) is 0 Å². The van der Waals surface area contributed by atoms with Crippen molar-refractivity contribution in [3.8, 4) is 0 Å². The van der Waals surface area contributed by atoms with E-state index in [0.717, 1.165) is 16.1 Å². The van der Waals surface area contributed by atoms with Gasteiger partial charge in [-0.3, -0.25) is 13.9 Å². The fourth-order valence-corrected chi connectivity index (χ4v) is 4.67. The second-order valence-electron chi connectivity index (χ2n) is 8.40. The van der Waals surface area contributed by atoms with Gasteiger partial charge in [-0.1, -0.05) is 54.4 Å². The number of benzene rings is 2. The number of hydrogen-bond acceptors (Lipinski definition) is 4. The lowest BCUT2D eigenvalue weighted by molar-refractivity contribution is -0.140. The van der Waals surface area contributed by atoms with E-state index in [-0.39, 0.29) is 24.2 Å². The summed E-state index contributed by atoms with van der Waals surface area (Å²) in [5.41, 5.74) is 1.70. The largest absolute Gasteiger partial charge is 0.352 e. The molecule has 186 valence electrons. The fraction of sp³-hybridized carbons (Fsp3) is 0.417. The van der Waals surface area contributed by atoms with E-state index in [9.17, 15) is 18.0 Å². The molecule has 10 heteroatoms. The molecule has 34 heavy (non-hydrogen) atoms. The van der Waals surface area contributed by atoms with Crippen LogP contribution in [-0.4, -0.2) is 50.0 Å². The van der Waals surface area contributed by atoms with Gasteiger partial charge in [0.15, 0.2) is 0 Å². The number of aryl methyl sites for hydroxylation is 1. The van der Waals surface area contributed by atoms with Crippen molar-refractivity contribution in [3.63, 3.8) is 0 Å². The predicted octanol–water partition coefficient (Wildman–Crippen LogP) is 4.40. The predicted molar refractivity (Wildman–Crippen MR) is 138 cm³/mol. The van der Waals surface area contributed by atoms with Crippen LogP contribution in [0.2, 0.25) is 10.0 Å². The van der Waals surface area contributed by atoms with Crippen LogP contribution in [0.1, 0.15) is 38.3 Å². The maximum absolute atomic E-state index is 13.6. The third-order valence-electron chi connectivity index (χ3n) is 5.24. The van der Waals surface area contributed by atoms with Crippen LogP contribution >= 0.6 is 23.2 Å². The minimum absolute atomic E-state index is 0.0504. The average molecular weight is 529 g/mol. The number of amides is 2. The zero-order chi connectivity index (χ0) is 25.6. The third-order valence-corrected chi connectivity index (χ3v) is 7.15. The summed E-state index contributed by atoms with van der Waals surface area (Å²) in [5, 5.41) is 3.68. The van der Waals surface area contributed by atoms with Gasteiger partial charge in [-0.05, 0) is 56.5 Å². The van der Waals surface area contributed by atoms with Crippen LogP contribution in [-0.2, 0) is 26.2 Å². The number of nitrogens with zero attached hydrogens (tertiary/aromatic N) is 2. The molecule has 0 aliphatic heterocycles. The van der Waals surface area contributed by atoms with E-state index < -0.39 is 28.5 Å². The summed E-state index contributed by atoms with van der Waals surface area (Å²) in [6.45, 7) is 6.82. The molecule has 0 aliphatic rings. The highest BCUT2D eigenvalue weighted by atomic mass is 35.5. The lowest BCUT2D eigenvalue weighted by atomic mass is 10.1. The highest BCUT2D eigenvalue weighted by Gasteiger charge is 2.32. The summed E-state index contributed by atoms with van der Waals surface area (Å²) in [7, 11) is -3.83. The number of sulfonamides is 1. The maximum atomic E-state index is 13.6. The molecule has 1 N–H and O–H groups in total. The van der Waals surface area contributed by atoms with Crippen LogP contribution in [0, 0.1) is 6.92 Å². The van der Waals surface area contributed by atoms with E-state index in [1.54, 1.807) is 50.2 Å². The molecule has 0 aliphatic carbocycles. The fourth-order valence-electron chi connectivity index (χ4n) is 3.46. The van der Waals surface area contributed by atoms with Gasteiger partial charge in [-0.2, -0.15) is 0 Å². The second-order valence-corrected chi connectivity index (χ2v) is 11.1.